The fourth-order valence-electron chi connectivity index (χ4n) is 3.06. The normalized spacial score (nSPS) is 13.9. The van der Waals surface area contributed by atoms with Crippen molar-refractivity contribution in [3.63, 3.8) is 0 Å². The minimum Gasteiger partial charge on any atom is -0.444 e. The number of carbonyl (C=O) groups excluding carboxylic acids is 2. The van der Waals surface area contributed by atoms with Crippen LogP contribution in [-0.4, -0.2) is 38.8 Å². The molecule has 1 N–H and O–H groups in total. The third kappa shape index (κ3) is 3.97. The largest absolute Gasteiger partial charge is 0.444 e. The summed E-state index contributed by atoms with van der Waals surface area (Å²) in [6, 6.07) is 3.33. The van der Waals surface area contributed by atoms with E-state index in [1.807, 2.05) is 0 Å². The highest BCUT2D eigenvalue weighted by Crippen LogP contribution is 2.25. The number of para-hydroxylation sites is 1. The van der Waals surface area contributed by atoms with E-state index in [0.717, 1.165) is 12.1 Å². The van der Waals surface area contributed by atoms with Crippen molar-refractivity contribution in [2.24, 2.45) is 7.05 Å². The van der Waals surface area contributed by atoms with E-state index >= 15 is 0 Å². The monoisotopic (exact) mass is 392 g/mol. The summed E-state index contributed by atoms with van der Waals surface area (Å²) in [5.41, 5.74) is 0.179. The van der Waals surface area contributed by atoms with Crippen molar-refractivity contribution in [1.82, 2.24) is 14.7 Å². The summed E-state index contributed by atoms with van der Waals surface area (Å²) in [4.78, 5) is 26.6. The number of benzene rings is 1. The van der Waals surface area contributed by atoms with Crippen LogP contribution >= 0.6 is 0 Å². The Labute approximate surface area is 161 Å². The van der Waals surface area contributed by atoms with Crippen LogP contribution in [0.2, 0.25) is 0 Å². The van der Waals surface area contributed by atoms with Crippen LogP contribution in [-0.2, 0) is 24.8 Å². The molecule has 2 amide bonds. The number of nitrogens with one attached hydrogen (secondary N) is 1. The van der Waals surface area contributed by atoms with Gasteiger partial charge in [-0.15, -0.1) is 0 Å². The van der Waals surface area contributed by atoms with Gasteiger partial charge in [0.15, 0.2) is 0 Å². The molecule has 0 spiro atoms. The number of nitrogens with zero attached hydrogens (tertiary/aromatic N) is 3. The number of amides is 2. The number of anilines is 1. The van der Waals surface area contributed by atoms with Gasteiger partial charge in [0, 0.05) is 25.6 Å². The topological polar surface area (TPSA) is 76.5 Å². The molecule has 1 aromatic carbocycles. The summed E-state index contributed by atoms with van der Waals surface area (Å²) in [5.74, 6) is -2.45. The van der Waals surface area contributed by atoms with E-state index in [9.17, 15) is 18.4 Å². The van der Waals surface area contributed by atoms with Crippen molar-refractivity contribution in [1.29, 1.82) is 0 Å². The summed E-state index contributed by atoms with van der Waals surface area (Å²) >= 11 is 0. The van der Waals surface area contributed by atoms with E-state index in [1.54, 1.807) is 27.8 Å². The molecule has 7 nitrogen and oxygen atoms in total. The van der Waals surface area contributed by atoms with E-state index in [1.165, 1.54) is 15.6 Å². The van der Waals surface area contributed by atoms with Crippen molar-refractivity contribution in [2.45, 2.75) is 39.3 Å². The Morgan fingerprint density at radius 3 is 2.46 bits per heavy atom. The van der Waals surface area contributed by atoms with Gasteiger partial charge >= 0.3 is 6.09 Å². The number of ether oxygens (including phenoxy) is 1. The zero-order valence-corrected chi connectivity index (χ0v) is 16.2. The highest BCUT2D eigenvalue weighted by atomic mass is 19.1. The van der Waals surface area contributed by atoms with Gasteiger partial charge in [-0.3, -0.25) is 9.48 Å². The Morgan fingerprint density at radius 1 is 1.21 bits per heavy atom. The van der Waals surface area contributed by atoms with Crippen LogP contribution in [0.5, 0.6) is 0 Å². The van der Waals surface area contributed by atoms with Crippen LogP contribution in [0, 0.1) is 11.6 Å². The summed E-state index contributed by atoms with van der Waals surface area (Å²) in [6.45, 7) is 5.84. The zero-order valence-electron chi connectivity index (χ0n) is 16.2. The molecular weight excluding hydrogens is 370 g/mol. The maximum atomic E-state index is 13.9. The molecule has 2 heterocycles. The molecule has 0 radical (unpaired) electrons. The quantitative estimate of drug-likeness (QED) is 0.851. The lowest BCUT2D eigenvalue weighted by molar-refractivity contribution is 0.0222. The van der Waals surface area contributed by atoms with E-state index in [-0.39, 0.29) is 12.2 Å². The maximum Gasteiger partial charge on any atom is 0.410 e. The highest BCUT2D eigenvalue weighted by Gasteiger charge is 2.32. The van der Waals surface area contributed by atoms with Crippen molar-refractivity contribution in [2.75, 3.05) is 11.9 Å². The second-order valence-electron chi connectivity index (χ2n) is 7.60. The summed E-state index contributed by atoms with van der Waals surface area (Å²) < 4.78 is 34.5. The van der Waals surface area contributed by atoms with Gasteiger partial charge < -0.3 is 15.0 Å². The van der Waals surface area contributed by atoms with Crippen LogP contribution in [0.1, 0.15) is 42.5 Å². The Balaban J connectivity index is 1.86. The molecule has 0 saturated heterocycles. The predicted molar refractivity (Wildman–Crippen MR) is 97.9 cm³/mol. The van der Waals surface area contributed by atoms with E-state index in [4.69, 9.17) is 4.74 Å². The van der Waals surface area contributed by atoms with Crippen LogP contribution in [0.4, 0.5) is 19.3 Å². The first-order chi connectivity index (χ1) is 13.1. The van der Waals surface area contributed by atoms with Gasteiger partial charge in [-0.2, -0.15) is 5.10 Å². The van der Waals surface area contributed by atoms with Crippen molar-refractivity contribution in [3.05, 3.63) is 46.8 Å². The number of hydrogen-bond acceptors (Lipinski definition) is 4. The second kappa shape index (κ2) is 7.21. The SMILES string of the molecule is Cn1nc2c(c1C(=O)Nc1c(F)cccc1F)CN(C(=O)OC(C)(C)C)CC2. The first-order valence-corrected chi connectivity index (χ1v) is 8.85. The minimum absolute atomic E-state index is 0.126. The molecule has 1 aliphatic heterocycles. The van der Waals surface area contributed by atoms with Crippen LogP contribution in [0.3, 0.4) is 0 Å². The van der Waals surface area contributed by atoms with Gasteiger partial charge in [0.05, 0.1) is 12.2 Å². The lowest BCUT2D eigenvalue weighted by Crippen LogP contribution is -2.40. The number of aryl methyl sites for hydroxylation is 1. The van der Waals surface area contributed by atoms with Crippen LogP contribution in [0.25, 0.3) is 0 Å². The summed E-state index contributed by atoms with van der Waals surface area (Å²) in [7, 11) is 1.57. The first-order valence-electron chi connectivity index (χ1n) is 8.85. The Kier molecular flexibility index (Phi) is 5.10. The molecule has 0 atom stereocenters. The van der Waals surface area contributed by atoms with Crippen LogP contribution < -0.4 is 5.32 Å². The van der Waals surface area contributed by atoms with E-state index in [0.29, 0.717) is 24.2 Å². The molecule has 0 unspecified atom stereocenters. The lowest BCUT2D eigenvalue weighted by Gasteiger charge is -2.29. The smallest absolute Gasteiger partial charge is 0.410 e. The third-order valence-electron chi connectivity index (χ3n) is 4.26. The fourth-order valence-corrected chi connectivity index (χ4v) is 3.06. The average molecular weight is 392 g/mol. The Hall–Kier alpha value is -2.97. The average Bonchev–Trinajstić information content (AvgIpc) is 2.91. The molecule has 28 heavy (non-hydrogen) atoms. The van der Waals surface area contributed by atoms with Crippen molar-refractivity contribution >= 4 is 17.7 Å². The number of carbonyl (C=O) groups is 2. The highest BCUT2D eigenvalue weighted by molar-refractivity contribution is 6.04. The lowest BCUT2D eigenvalue weighted by atomic mass is 10.1. The molecule has 0 fully saturated rings. The number of halogens is 2. The molecule has 0 bridgehead atoms. The van der Waals surface area contributed by atoms with Gasteiger partial charge in [0.1, 0.15) is 28.6 Å². The van der Waals surface area contributed by atoms with Gasteiger partial charge in [0.2, 0.25) is 0 Å². The fraction of sp³-hybridized carbons (Fsp3) is 0.421. The number of aromatic nitrogens is 2. The maximum absolute atomic E-state index is 13.9. The summed E-state index contributed by atoms with van der Waals surface area (Å²) in [5, 5.41) is 6.59. The van der Waals surface area contributed by atoms with Gasteiger partial charge in [0.25, 0.3) is 5.91 Å². The second-order valence-corrected chi connectivity index (χ2v) is 7.60. The van der Waals surface area contributed by atoms with Crippen LogP contribution in [0.15, 0.2) is 18.2 Å². The van der Waals surface area contributed by atoms with E-state index in [2.05, 4.69) is 10.4 Å². The van der Waals surface area contributed by atoms with Crippen molar-refractivity contribution < 1.29 is 23.1 Å². The van der Waals surface area contributed by atoms with Gasteiger partial charge in [-0.25, -0.2) is 13.6 Å². The standard InChI is InChI=1S/C19H22F2N4O3/c1-19(2,3)28-18(27)25-9-8-14-11(10-25)16(24(4)23-14)17(26)22-15-12(20)6-5-7-13(15)21/h5-7H,8-10H2,1-4H3,(H,22,26). The molecule has 3 rings (SSSR count). The summed E-state index contributed by atoms with van der Waals surface area (Å²) in [6.07, 6.45) is -0.0440. The molecule has 9 heteroatoms. The van der Waals surface area contributed by atoms with Gasteiger partial charge in [-0.1, -0.05) is 6.07 Å². The van der Waals surface area contributed by atoms with Gasteiger partial charge in [-0.05, 0) is 32.9 Å². The minimum atomic E-state index is -0.875. The molecule has 1 aliphatic rings. The van der Waals surface area contributed by atoms with E-state index < -0.39 is 34.9 Å². The Morgan fingerprint density at radius 2 is 1.86 bits per heavy atom. The molecule has 150 valence electrons. The molecule has 2 aromatic rings. The predicted octanol–water partition coefficient (Wildman–Crippen LogP) is 3.24. The zero-order chi connectivity index (χ0) is 20.6. The molecule has 0 saturated carbocycles. The number of hydrogen-bond donors (Lipinski definition) is 1. The number of rotatable bonds is 2. The first kappa shape index (κ1) is 19.8. The third-order valence-corrected chi connectivity index (χ3v) is 4.26. The molecular formula is C19H22F2N4O3. The molecule has 0 aliphatic carbocycles. The molecule has 1 aromatic heterocycles. The number of fused-ring (bicyclic) bond motifs is 1. The van der Waals surface area contributed by atoms with Crippen molar-refractivity contribution in [3.8, 4) is 0 Å². The Bertz CT molecular complexity index is 914.